The molecule has 0 spiro atoms. The van der Waals surface area contributed by atoms with Crippen LogP contribution in [0.15, 0.2) is 53.0 Å². The van der Waals surface area contributed by atoms with Crippen molar-refractivity contribution < 1.29 is 9.53 Å². The van der Waals surface area contributed by atoms with Crippen molar-refractivity contribution in [1.29, 1.82) is 0 Å². The van der Waals surface area contributed by atoms with Crippen LogP contribution in [0.2, 0.25) is 0 Å². The number of rotatable bonds is 4. The van der Waals surface area contributed by atoms with Gasteiger partial charge in [0.15, 0.2) is 6.61 Å². The van der Waals surface area contributed by atoms with Crippen LogP contribution in [0.3, 0.4) is 0 Å². The van der Waals surface area contributed by atoms with E-state index in [1.165, 1.54) is 5.69 Å². The van der Waals surface area contributed by atoms with Crippen LogP contribution in [0.5, 0.6) is 5.75 Å². The first-order chi connectivity index (χ1) is 11.6. The standard InChI is InChI=1S/C19H21BrN2O2/c1-15-7-8-18(17(20)13-15)24-14-19(23)22-11-9-21(10-12-22)16-5-3-2-4-6-16/h2-8,13H,9-12,14H2,1H3. The number of hydrogen-bond donors (Lipinski definition) is 0. The minimum absolute atomic E-state index is 0.0372. The van der Waals surface area contributed by atoms with Crippen LogP contribution in [0, 0.1) is 6.92 Å². The molecule has 5 heteroatoms. The Morgan fingerprint density at radius 3 is 2.46 bits per heavy atom. The summed E-state index contributed by atoms with van der Waals surface area (Å²) in [5.74, 6) is 0.743. The highest BCUT2D eigenvalue weighted by Crippen LogP contribution is 2.25. The number of hydrogen-bond acceptors (Lipinski definition) is 3. The van der Waals surface area contributed by atoms with E-state index in [4.69, 9.17) is 4.74 Å². The molecule has 1 saturated heterocycles. The van der Waals surface area contributed by atoms with Crippen molar-refractivity contribution >= 4 is 27.5 Å². The Kier molecular flexibility index (Phi) is 5.41. The molecule has 0 N–H and O–H groups in total. The highest BCUT2D eigenvalue weighted by Gasteiger charge is 2.21. The van der Waals surface area contributed by atoms with Gasteiger partial charge in [-0.3, -0.25) is 4.79 Å². The quantitative estimate of drug-likeness (QED) is 0.803. The minimum Gasteiger partial charge on any atom is -0.483 e. The van der Waals surface area contributed by atoms with Crippen LogP contribution in [0.4, 0.5) is 5.69 Å². The number of benzene rings is 2. The number of para-hydroxylation sites is 1. The summed E-state index contributed by atoms with van der Waals surface area (Å²) >= 11 is 3.47. The van der Waals surface area contributed by atoms with Gasteiger partial charge in [-0.05, 0) is 52.7 Å². The van der Waals surface area contributed by atoms with Crippen LogP contribution in [0.25, 0.3) is 0 Å². The summed E-state index contributed by atoms with van der Waals surface area (Å²) in [6.07, 6.45) is 0. The predicted molar refractivity (Wildman–Crippen MR) is 99.6 cm³/mol. The average Bonchev–Trinajstić information content (AvgIpc) is 2.62. The number of halogens is 1. The molecule has 4 nitrogen and oxygen atoms in total. The monoisotopic (exact) mass is 388 g/mol. The summed E-state index contributed by atoms with van der Waals surface area (Å²) in [5, 5.41) is 0. The second kappa shape index (κ2) is 7.71. The van der Waals surface area contributed by atoms with Gasteiger partial charge in [0.1, 0.15) is 5.75 Å². The molecule has 0 unspecified atom stereocenters. The molecule has 1 heterocycles. The number of nitrogens with zero attached hydrogens (tertiary/aromatic N) is 2. The lowest BCUT2D eigenvalue weighted by Crippen LogP contribution is -2.50. The largest absolute Gasteiger partial charge is 0.483 e. The molecular weight excluding hydrogens is 368 g/mol. The molecule has 1 amide bonds. The van der Waals surface area contributed by atoms with Gasteiger partial charge in [0.25, 0.3) is 5.91 Å². The molecule has 0 aromatic heterocycles. The van der Waals surface area contributed by atoms with Crippen LogP contribution < -0.4 is 9.64 Å². The molecule has 0 bridgehead atoms. The van der Waals surface area contributed by atoms with E-state index in [1.54, 1.807) is 0 Å². The number of carbonyl (C=O) groups excluding carboxylic acids is 1. The molecule has 0 radical (unpaired) electrons. The van der Waals surface area contributed by atoms with Crippen molar-refractivity contribution in [3.63, 3.8) is 0 Å². The summed E-state index contributed by atoms with van der Waals surface area (Å²) in [7, 11) is 0. The molecule has 2 aromatic carbocycles. The zero-order valence-electron chi connectivity index (χ0n) is 13.7. The fourth-order valence-corrected chi connectivity index (χ4v) is 3.41. The summed E-state index contributed by atoms with van der Waals surface area (Å²) in [5.41, 5.74) is 2.36. The van der Waals surface area contributed by atoms with Crippen molar-refractivity contribution in [2.75, 3.05) is 37.7 Å². The second-order valence-electron chi connectivity index (χ2n) is 5.93. The minimum atomic E-state index is 0.0372. The highest BCUT2D eigenvalue weighted by molar-refractivity contribution is 9.10. The first-order valence-electron chi connectivity index (χ1n) is 8.10. The second-order valence-corrected chi connectivity index (χ2v) is 6.78. The Balaban J connectivity index is 1.50. The summed E-state index contributed by atoms with van der Waals surface area (Å²) < 4.78 is 6.55. The maximum atomic E-state index is 12.4. The van der Waals surface area contributed by atoms with Gasteiger partial charge in [-0.25, -0.2) is 0 Å². The van der Waals surface area contributed by atoms with Gasteiger partial charge in [0.2, 0.25) is 0 Å². The fraction of sp³-hybridized carbons (Fsp3) is 0.316. The lowest BCUT2D eigenvalue weighted by Gasteiger charge is -2.36. The SMILES string of the molecule is Cc1ccc(OCC(=O)N2CCN(c3ccccc3)CC2)c(Br)c1. The van der Waals surface area contributed by atoms with E-state index >= 15 is 0 Å². The Morgan fingerprint density at radius 1 is 1.08 bits per heavy atom. The van der Waals surface area contributed by atoms with Gasteiger partial charge in [-0.2, -0.15) is 0 Å². The Labute approximate surface area is 151 Å². The average molecular weight is 389 g/mol. The van der Waals surface area contributed by atoms with Gasteiger partial charge in [0, 0.05) is 31.9 Å². The van der Waals surface area contributed by atoms with E-state index in [-0.39, 0.29) is 12.5 Å². The summed E-state index contributed by atoms with van der Waals surface area (Å²) in [6.45, 7) is 5.26. The van der Waals surface area contributed by atoms with E-state index in [2.05, 4.69) is 33.0 Å². The van der Waals surface area contributed by atoms with E-state index < -0.39 is 0 Å². The lowest BCUT2D eigenvalue weighted by atomic mass is 10.2. The van der Waals surface area contributed by atoms with Crippen molar-refractivity contribution in [1.82, 2.24) is 4.90 Å². The first kappa shape index (κ1) is 16.8. The third-order valence-corrected chi connectivity index (χ3v) is 4.81. The topological polar surface area (TPSA) is 32.8 Å². The Bertz CT molecular complexity index is 698. The molecule has 1 fully saturated rings. The van der Waals surface area contributed by atoms with Crippen molar-refractivity contribution in [3.8, 4) is 5.75 Å². The maximum absolute atomic E-state index is 12.4. The van der Waals surface area contributed by atoms with Crippen LogP contribution in [0.1, 0.15) is 5.56 Å². The van der Waals surface area contributed by atoms with E-state index in [9.17, 15) is 4.79 Å². The third kappa shape index (κ3) is 4.09. The molecule has 1 aliphatic rings. The number of aryl methyl sites for hydroxylation is 1. The molecule has 0 atom stereocenters. The van der Waals surface area contributed by atoms with Gasteiger partial charge in [0.05, 0.1) is 4.47 Å². The van der Waals surface area contributed by atoms with Gasteiger partial charge >= 0.3 is 0 Å². The fourth-order valence-electron chi connectivity index (χ4n) is 2.81. The Morgan fingerprint density at radius 2 is 1.79 bits per heavy atom. The summed E-state index contributed by atoms with van der Waals surface area (Å²) in [6, 6.07) is 16.2. The third-order valence-electron chi connectivity index (χ3n) is 4.19. The van der Waals surface area contributed by atoms with Gasteiger partial charge in [-0.1, -0.05) is 24.3 Å². The molecule has 126 valence electrons. The number of carbonyl (C=O) groups is 1. The molecular formula is C19H21BrN2O2. The molecule has 0 aliphatic carbocycles. The van der Waals surface area contributed by atoms with Crippen LogP contribution in [-0.2, 0) is 4.79 Å². The van der Waals surface area contributed by atoms with Crippen molar-refractivity contribution in [2.45, 2.75) is 6.92 Å². The van der Waals surface area contributed by atoms with Crippen molar-refractivity contribution in [2.24, 2.45) is 0 Å². The first-order valence-corrected chi connectivity index (χ1v) is 8.89. The normalized spacial score (nSPS) is 14.6. The number of anilines is 1. The highest BCUT2D eigenvalue weighted by atomic mass is 79.9. The molecule has 2 aromatic rings. The smallest absolute Gasteiger partial charge is 0.260 e. The molecule has 24 heavy (non-hydrogen) atoms. The van der Waals surface area contributed by atoms with Crippen molar-refractivity contribution in [3.05, 3.63) is 58.6 Å². The van der Waals surface area contributed by atoms with Crippen LogP contribution in [-0.4, -0.2) is 43.6 Å². The maximum Gasteiger partial charge on any atom is 0.260 e. The predicted octanol–water partition coefficient (Wildman–Crippen LogP) is 3.49. The zero-order chi connectivity index (χ0) is 16.9. The molecule has 1 aliphatic heterocycles. The van der Waals surface area contributed by atoms with E-state index in [0.717, 1.165) is 36.2 Å². The number of ether oxygens (including phenoxy) is 1. The Hall–Kier alpha value is -2.01. The number of amides is 1. The van der Waals surface area contributed by atoms with Gasteiger partial charge < -0.3 is 14.5 Å². The number of piperazine rings is 1. The van der Waals surface area contributed by atoms with E-state index in [0.29, 0.717) is 5.75 Å². The van der Waals surface area contributed by atoms with E-state index in [1.807, 2.05) is 48.2 Å². The molecule has 0 saturated carbocycles. The summed E-state index contributed by atoms with van der Waals surface area (Å²) in [4.78, 5) is 16.5. The van der Waals surface area contributed by atoms with Gasteiger partial charge in [-0.15, -0.1) is 0 Å². The zero-order valence-corrected chi connectivity index (χ0v) is 15.3. The van der Waals surface area contributed by atoms with Crippen LogP contribution >= 0.6 is 15.9 Å². The molecule has 3 rings (SSSR count). The lowest BCUT2D eigenvalue weighted by molar-refractivity contribution is -0.133.